The molecule has 2 amide bonds. The number of rotatable bonds is 7. The van der Waals surface area contributed by atoms with Crippen LogP contribution in [0.5, 0.6) is 0 Å². The van der Waals surface area contributed by atoms with E-state index >= 15 is 0 Å². The van der Waals surface area contributed by atoms with Crippen molar-refractivity contribution in [1.29, 1.82) is 0 Å². The maximum atomic E-state index is 12.7. The number of methoxy groups -OCH3 is 1. The summed E-state index contributed by atoms with van der Waals surface area (Å²) in [6, 6.07) is 19.3. The van der Waals surface area contributed by atoms with E-state index in [9.17, 15) is 9.59 Å². The third-order valence-corrected chi connectivity index (χ3v) is 4.91. The van der Waals surface area contributed by atoms with Crippen LogP contribution >= 0.6 is 0 Å². The van der Waals surface area contributed by atoms with Crippen LogP contribution in [0, 0.1) is 5.92 Å². The SMILES string of the molecule is CO[C@@H](c1ccccc1)[C@@H](C)/C=C/C(=O)N1C(=O)OC[C@@H]1Cc1ccccc1. The summed E-state index contributed by atoms with van der Waals surface area (Å²) < 4.78 is 10.7. The zero-order chi connectivity index (χ0) is 19.9. The van der Waals surface area contributed by atoms with Gasteiger partial charge >= 0.3 is 6.09 Å². The molecule has 28 heavy (non-hydrogen) atoms. The molecule has 1 saturated heterocycles. The zero-order valence-corrected chi connectivity index (χ0v) is 16.2. The summed E-state index contributed by atoms with van der Waals surface area (Å²) in [5.74, 6) is -0.402. The van der Waals surface area contributed by atoms with Crippen LogP contribution in [-0.4, -0.2) is 36.7 Å². The van der Waals surface area contributed by atoms with Gasteiger partial charge < -0.3 is 9.47 Å². The van der Waals surface area contributed by atoms with Gasteiger partial charge in [0.15, 0.2) is 0 Å². The van der Waals surface area contributed by atoms with E-state index in [-0.39, 0.29) is 30.6 Å². The standard InChI is InChI=1S/C23H25NO4/c1-17(22(27-2)19-11-7-4-8-12-19)13-14-21(25)24-20(16-28-23(24)26)15-18-9-5-3-6-10-18/h3-14,17,20,22H,15-16H2,1-2H3/b14-13+/t17-,20-,22+/m0/s1. The number of carbonyl (C=O) groups is 2. The fraction of sp³-hybridized carbons (Fsp3) is 0.304. The maximum Gasteiger partial charge on any atom is 0.417 e. The summed E-state index contributed by atoms with van der Waals surface area (Å²) in [6.07, 6.45) is 3.05. The molecular formula is C23H25NO4. The number of cyclic esters (lactones) is 1. The van der Waals surface area contributed by atoms with E-state index in [0.717, 1.165) is 11.1 Å². The predicted octanol–water partition coefficient (Wildman–Crippen LogP) is 4.16. The number of imide groups is 1. The van der Waals surface area contributed by atoms with Gasteiger partial charge in [0.05, 0.1) is 12.1 Å². The molecule has 0 aromatic heterocycles. The average Bonchev–Trinajstić information content (AvgIpc) is 3.08. The minimum absolute atomic E-state index is 0.0393. The summed E-state index contributed by atoms with van der Waals surface area (Å²) >= 11 is 0. The molecular weight excluding hydrogens is 354 g/mol. The van der Waals surface area contributed by atoms with Gasteiger partial charge in [0.25, 0.3) is 5.91 Å². The highest BCUT2D eigenvalue weighted by atomic mass is 16.6. The predicted molar refractivity (Wildman–Crippen MR) is 107 cm³/mol. The van der Waals surface area contributed by atoms with Crippen LogP contribution in [0.3, 0.4) is 0 Å². The zero-order valence-electron chi connectivity index (χ0n) is 16.2. The van der Waals surface area contributed by atoms with E-state index in [1.54, 1.807) is 13.2 Å². The minimum atomic E-state index is -0.588. The highest BCUT2D eigenvalue weighted by Crippen LogP contribution is 2.26. The Morgan fingerprint density at radius 3 is 2.46 bits per heavy atom. The van der Waals surface area contributed by atoms with E-state index in [1.165, 1.54) is 11.0 Å². The fourth-order valence-corrected chi connectivity index (χ4v) is 3.48. The average molecular weight is 379 g/mol. The summed E-state index contributed by atoms with van der Waals surface area (Å²) in [5.41, 5.74) is 2.10. The molecule has 0 N–H and O–H groups in total. The number of ether oxygens (including phenoxy) is 2. The Bertz CT molecular complexity index is 819. The first kappa shape index (κ1) is 19.8. The van der Waals surface area contributed by atoms with E-state index < -0.39 is 6.09 Å². The number of amides is 2. The second kappa shape index (κ2) is 9.33. The molecule has 0 spiro atoms. The van der Waals surface area contributed by atoms with Gasteiger partial charge in [-0.15, -0.1) is 0 Å². The van der Waals surface area contributed by atoms with Gasteiger partial charge in [0.2, 0.25) is 0 Å². The lowest BCUT2D eigenvalue weighted by molar-refractivity contribution is -0.124. The van der Waals surface area contributed by atoms with Gasteiger partial charge in [-0.25, -0.2) is 9.69 Å². The first-order valence-corrected chi connectivity index (χ1v) is 9.40. The lowest BCUT2D eigenvalue weighted by Crippen LogP contribution is -2.39. The van der Waals surface area contributed by atoms with Crippen LogP contribution in [0.25, 0.3) is 0 Å². The summed E-state index contributed by atoms with van der Waals surface area (Å²) in [6.45, 7) is 2.20. The van der Waals surface area contributed by atoms with Crippen LogP contribution in [0.2, 0.25) is 0 Å². The lowest BCUT2D eigenvalue weighted by atomic mass is 9.96. The number of nitrogens with zero attached hydrogens (tertiary/aromatic N) is 1. The van der Waals surface area contributed by atoms with E-state index in [2.05, 4.69) is 0 Å². The summed E-state index contributed by atoms with van der Waals surface area (Å²) in [7, 11) is 1.65. The number of carbonyl (C=O) groups excluding carboxylic acids is 2. The van der Waals surface area contributed by atoms with Crippen molar-refractivity contribution in [3.63, 3.8) is 0 Å². The highest BCUT2D eigenvalue weighted by Gasteiger charge is 2.36. The quantitative estimate of drug-likeness (QED) is 0.678. The smallest absolute Gasteiger partial charge is 0.417 e. The van der Waals surface area contributed by atoms with Crippen molar-refractivity contribution in [3.8, 4) is 0 Å². The summed E-state index contributed by atoms with van der Waals surface area (Å²) in [4.78, 5) is 26.0. The van der Waals surface area contributed by atoms with Crippen LogP contribution in [0.15, 0.2) is 72.8 Å². The van der Waals surface area contributed by atoms with Gasteiger partial charge in [-0.2, -0.15) is 0 Å². The van der Waals surface area contributed by atoms with Gasteiger partial charge in [-0.1, -0.05) is 73.7 Å². The third kappa shape index (κ3) is 4.67. The molecule has 5 nitrogen and oxygen atoms in total. The maximum absolute atomic E-state index is 12.7. The largest absolute Gasteiger partial charge is 0.447 e. The molecule has 0 unspecified atom stereocenters. The van der Waals surface area contributed by atoms with E-state index in [4.69, 9.17) is 9.47 Å². The second-order valence-electron chi connectivity index (χ2n) is 6.91. The minimum Gasteiger partial charge on any atom is -0.447 e. The Morgan fingerprint density at radius 2 is 1.82 bits per heavy atom. The number of hydrogen-bond acceptors (Lipinski definition) is 4. The Morgan fingerprint density at radius 1 is 1.18 bits per heavy atom. The van der Waals surface area contributed by atoms with Crippen LogP contribution < -0.4 is 0 Å². The Kier molecular flexibility index (Phi) is 6.61. The van der Waals surface area contributed by atoms with Crippen LogP contribution in [0.4, 0.5) is 4.79 Å². The van der Waals surface area contributed by atoms with Crippen molar-refractivity contribution in [2.24, 2.45) is 5.92 Å². The molecule has 5 heteroatoms. The molecule has 2 aromatic rings. The third-order valence-electron chi connectivity index (χ3n) is 4.91. The number of hydrogen-bond donors (Lipinski definition) is 0. The monoisotopic (exact) mass is 379 g/mol. The molecule has 0 bridgehead atoms. The molecule has 1 aliphatic rings. The van der Waals surface area contributed by atoms with Gasteiger partial charge in [0.1, 0.15) is 6.61 Å². The molecule has 0 aliphatic carbocycles. The lowest BCUT2D eigenvalue weighted by Gasteiger charge is -2.21. The van der Waals surface area contributed by atoms with Crippen molar-refractivity contribution in [2.75, 3.05) is 13.7 Å². The molecule has 3 rings (SSSR count). The Hall–Kier alpha value is -2.92. The first-order valence-electron chi connectivity index (χ1n) is 9.40. The Labute approximate surface area is 165 Å². The van der Waals surface area contributed by atoms with Crippen LogP contribution in [0.1, 0.15) is 24.2 Å². The first-order chi connectivity index (χ1) is 13.6. The summed E-state index contributed by atoms with van der Waals surface area (Å²) in [5, 5.41) is 0. The Balaban J connectivity index is 1.68. The van der Waals surface area contributed by atoms with Gasteiger partial charge in [-0.3, -0.25) is 4.79 Å². The normalized spacial score (nSPS) is 18.9. The van der Waals surface area contributed by atoms with Crippen molar-refractivity contribution < 1.29 is 19.1 Å². The van der Waals surface area contributed by atoms with Crippen molar-refractivity contribution >= 4 is 12.0 Å². The van der Waals surface area contributed by atoms with Gasteiger partial charge in [0, 0.05) is 19.1 Å². The topological polar surface area (TPSA) is 55.8 Å². The second-order valence-corrected chi connectivity index (χ2v) is 6.91. The molecule has 1 fully saturated rings. The molecule has 2 aromatic carbocycles. The highest BCUT2D eigenvalue weighted by molar-refractivity contribution is 5.99. The molecule has 1 heterocycles. The molecule has 3 atom stereocenters. The molecule has 0 saturated carbocycles. The van der Waals surface area contributed by atoms with Crippen molar-refractivity contribution in [3.05, 3.63) is 83.9 Å². The fourth-order valence-electron chi connectivity index (χ4n) is 3.48. The van der Waals surface area contributed by atoms with Crippen molar-refractivity contribution in [1.82, 2.24) is 4.90 Å². The van der Waals surface area contributed by atoms with E-state index in [0.29, 0.717) is 6.42 Å². The van der Waals surface area contributed by atoms with Crippen LogP contribution in [-0.2, 0) is 20.7 Å². The molecule has 1 aliphatic heterocycles. The van der Waals surface area contributed by atoms with E-state index in [1.807, 2.05) is 67.6 Å². The molecule has 146 valence electrons. The number of benzene rings is 2. The van der Waals surface area contributed by atoms with Crippen molar-refractivity contribution in [2.45, 2.75) is 25.5 Å². The molecule has 0 radical (unpaired) electrons. The van der Waals surface area contributed by atoms with Gasteiger partial charge in [-0.05, 0) is 17.5 Å².